The topological polar surface area (TPSA) is 52.6 Å². The second kappa shape index (κ2) is 16.8. The number of aryl methyl sites for hydroxylation is 1. The number of rotatable bonds is 17. The predicted octanol–water partition coefficient (Wildman–Crippen LogP) is 12.8. The van der Waals surface area contributed by atoms with Gasteiger partial charge in [-0.3, -0.25) is 0 Å². The molecule has 0 N–H and O–H groups in total. The van der Waals surface area contributed by atoms with E-state index in [0.29, 0.717) is 23.7 Å². The molecule has 3 aromatic carbocycles. The Balaban J connectivity index is 1.19. The van der Waals surface area contributed by atoms with Crippen LogP contribution in [0.15, 0.2) is 54.6 Å². The minimum atomic E-state index is -0.489. The van der Waals surface area contributed by atoms with Crippen molar-refractivity contribution in [1.82, 2.24) is 0 Å². The molecule has 5 aromatic rings. The minimum Gasteiger partial charge on any atom is -0.462 e. The fourth-order valence-corrected chi connectivity index (χ4v) is 8.77. The molecule has 1 atom stereocenters. The Morgan fingerprint density at radius 2 is 1.37 bits per heavy atom. The largest absolute Gasteiger partial charge is 0.462 e. The maximum atomic E-state index is 13.1. The van der Waals surface area contributed by atoms with Crippen LogP contribution in [0.25, 0.3) is 29.6 Å². The number of thiophene rings is 2. The van der Waals surface area contributed by atoms with Crippen molar-refractivity contribution < 1.29 is 19.1 Å². The molecule has 46 heavy (non-hydrogen) atoms. The summed E-state index contributed by atoms with van der Waals surface area (Å²) >= 11 is 9.96. The number of fused-ring (bicyclic) bond motifs is 5. The van der Waals surface area contributed by atoms with Gasteiger partial charge in [-0.05, 0) is 73.6 Å². The van der Waals surface area contributed by atoms with Crippen molar-refractivity contribution in [3.63, 3.8) is 0 Å². The first-order valence-electron chi connectivity index (χ1n) is 16.9. The number of ether oxygens (including phenoxy) is 2. The van der Waals surface area contributed by atoms with Gasteiger partial charge in [0.2, 0.25) is 0 Å². The molecule has 0 radical (unpaired) electrons. The highest BCUT2D eigenvalue weighted by molar-refractivity contribution is 7.36. The summed E-state index contributed by atoms with van der Waals surface area (Å²) in [5.41, 5.74) is 2.21. The molecule has 7 heteroatoms. The van der Waals surface area contributed by atoms with Gasteiger partial charge >= 0.3 is 11.9 Å². The van der Waals surface area contributed by atoms with E-state index in [1.165, 1.54) is 82.5 Å². The normalized spacial score (nSPS) is 12.3. The molecule has 0 spiro atoms. The van der Waals surface area contributed by atoms with Gasteiger partial charge in [0.15, 0.2) is 0 Å². The molecule has 0 bridgehead atoms. The summed E-state index contributed by atoms with van der Waals surface area (Å²) in [5, 5.41) is 2.63. The van der Waals surface area contributed by atoms with Crippen LogP contribution in [-0.2, 0) is 11.2 Å². The molecule has 4 nitrogen and oxygen atoms in total. The number of unbranched alkanes of at least 4 members (excludes halogenated alkanes) is 7. The van der Waals surface area contributed by atoms with Gasteiger partial charge in [0.25, 0.3) is 0 Å². The van der Waals surface area contributed by atoms with Crippen LogP contribution in [-0.4, -0.2) is 18.5 Å². The van der Waals surface area contributed by atoms with E-state index in [4.69, 9.17) is 21.1 Å². The van der Waals surface area contributed by atoms with Gasteiger partial charge in [0.1, 0.15) is 5.75 Å². The lowest BCUT2D eigenvalue weighted by atomic mass is 10.0. The Morgan fingerprint density at radius 1 is 0.739 bits per heavy atom. The molecule has 0 amide bonds. The number of hydrogen-bond donors (Lipinski definition) is 0. The van der Waals surface area contributed by atoms with Crippen LogP contribution >= 0.6 is 34.3 Å². The van der Waals surface area contributed by atoms with E-state index < -0.39 is 11.9 Å². The zero-order chi connectivity index (χ0) is 32.5. The van der Waals surface area contributed by atoms with E-state index in [2.05, 4.69) is 39.0 Å². The molecule has 5 rings (SSSR count). The number of benzene rings is 3. The molecule has 0 aliphatic rings. The Labute approximate surface area is 286 Å². The van der Waals surface area contributed by atoms with Crippen molar-refractivity contribution in [1.29, 1.82) is 0 Å². The SMILES string of the molecule is CCCCCCCCCCc1ccc2c(c1)sc1c3ccc(C(=O)Oc4ccc(C(=O)OCCC[C@@H](C)CC)cc4Cl)cc3sc21. The zero-order valence-electron chi connectivity index (χ0n) is 27.3. The molecule has 2 aromatic heterocycles. The first-order chi connectivity index (χ1) is 22.4. The monoisotopic (exact) mass is 676 g/mol. The van der Waals surface area contributed by atoms with Gasteiger partial charge in [0, 0.05) is 20.2 Å². The maximum absolute atomic E-state index is 13.1. The lowest BCUT2D eigenvalue weighted by molar-refractivity contribution is 0.0494. The Morgan fingerprint density at radius 3 is 2.07 bits per heavy atom. The van der Waals surface area contributed by atoms with Crippen LogP contribution in [0, 0.1) is 5.92 Å². The van der Waals surface area contributed by atoms with E-state index >= 15 is 0 Å². The highest BCUT2D eigenvalue weighted by atomic mass is 35.5. The standard InChI is InChI=1S/C39H45ClO4S2/c1-4-6-7-8-9-10-11-12-15-27-16-19-30-34(23-27)45-37-31-20-17-29(25-35(31)46-36(30)37)39(42)44-33-21-18-28(24-32(33)40)38(41)43-22-13-14-26(3)5-2/h16-21,23-26H,4-15,22H2,1-3H3/t26-/m0/s1. The molecule has 0 unspecified atom stereocenters. The van der Waals surface area contributed by atoms with Gasteiger partial charge in [-0.2, -0.15) is 0 Å². The molecule has 0 aliphatic carbocycles. The molecule has 0 saturated heterocycles. The Bertz CT molecular complexity index is 1790. The molecule has 0 saturated carbocycles. The van der Waals surface area contributed by atoms with Gasteiger partial charge in [-0.1, -0.05) is 102 Å². The minimum absolute atomic E-state index is 0.188. The van der Waals surface area contributed by atoms with Crippen molar-refractivity contribution in [3.8, 4) is 5.75 Å². The predicted molar refractivity (Wildman–Crippen MR) is 196 cm³/mol. The van der Waals surface area contributed by atoms with E-state index in [0.717, 1.165) is 35.8 Å². The van der Waals surface area contributed by atoms with Crippen LogP contribution in [0.3, 0.4) is 0 Å². The second-order valence-corrected chi connectivity index (χ2v) is 15.0. The summed E-state index contributed by atoms with van der Waals surface area (Å²) in [5.74, 6) is -0.0987. The van der Waals surface area contributed by atoms with Crippen molar-refractivity contribution in [3.05, 3.63) is 76.3 Å². The maximum Gasteiger partial charge on any atom is 0.343 e. The summed E-state index contributed by atoms with van der Waals surface area (Å²) in [7, 11) is 0. The smallest absolute Gasteiger partial charge is 0.343 e. The lowest BCUT2D eigenvalue weighted by Gasteiger charge is -2.10. The first kappa shape index (κ1) is 34.4. The van der Waals surface area contributed by atoms with Crippen LogP contribution in [0.2, 0.25) is 5.02 Å². The highest BCUT2D eigenvalue weighted by Crippen LogP contribution is 2.44. The van der Waals surface area contributed by atoms with Crippen LogP contribution in [0.1, 0.15) is 118 Å². The van der Waals surface area contributed by atoms with Crippen LogP contribution in [0.4, 0.5) is 0 Å². The number of carbonyl (C=O) groups excluding carboxylic acids is 2. The fraction of sp³-hybridized carbons (Fsp3) is 0.436. The summed E-state index contributed by atoms with van der Waals surface area (Å²) in [6.45, 7) is 6.99. The van der Waals surface area contributed by atoms with Gasteiger partial charge < -0.3 is 9.47 Å². The Kier molecular flexibility index (Phi) is 12.5. The average Bonchev–Trinajstić information content (AvgIpc) is 3.60. The Hall–Kier alpha value is -2.93. The third-order valence-electron chi connectivity index (χ3n) is 8.84. The molecule has 244 valence electrons. The third kappa shape index (κ3) is 8.70. The molecule has 0 aliphatic heterocycles. The zero-order valence-corrected chi connectivity index (χ0v) is 29.7. The molecule has 2 heterocycles. The van der Waals surface area contributed by atoms with Crippen molar-refractivity contribution in [2.24, 2.45) is 5.92 Å². The number of esters is 2. The highest BCUT2D eigenvalue weighted by Gasteiger charge is 2.18. The second-order valence-electron chi connectivity index (χ2n) is 12.5. The van der Waals surface area contributed by atoms with Crippen molar-refractivity contribution in [2.45, 2.75) is 97.8 Å². The molecule has 0 fully saturated rings. The number of carbonyl (C=O) groups is 2. The summed E-state index contributed by atoms with van der Waals surface area (Å²) in [6, 6.07) is 17.3. The quantitative estimate of drug-likeness (QED) is 0.0558. The lowest BCUT2D eigenvalue weighted by Crippen LogP contribution is -2.10. The van der Waals surface area contributed by atoms with E-state index in [-0.39, 0.29) is 10.8 Å². The summed E-state index contributed by atoms with van der Waals surface area (Å²) < 4.78 is 16.0. The molecular formula is C39H45ClO4S2. The van der Waals surface area contributed by atoms with Crippen LogP contribution < -0.4 is 4.74 Å². The van der Waals surface area contributed by atoms with Crippen molar-refractivity contribution >= 4 is 75.8 Å². The number of halogens is 1. The first-order valence-corrected chi connectivity index (χ1v) is 19.0. The fourth-order valence-electron chi connectivity index (χ4n) is 5.80. The van der Waals surface area contributed by atoms with Gasteiger partial charge in [-0.25, -0.2) is 9.59 Å². The van der Waals surface area contributed by atoms with Crippen molar-refractivity contribution in [2.75, 3.05) is 6.61 Å². The van der Waals surface area contributed by atoms with Gasteiger partial charge in [-0.15, -0.1) is 22.7 Å². The van der Waals surface area contributed by atoms with Gasteiger partial charge in [0.05, 0.1) is 32.2 Å². The van der Waals surface area contributed by atoms with E-state index in [1.807, 2.05) is 29.5 Å². The van der Waals surface area contributed by atoms with E-state index in [1.54, 1.807) is 23.5 Å². The van der Waals surface area contributed by atoms with Crippen LogP contribution in [0.5, 0.6) is 5.75 Å². The summed E-state index contributed by atoms with van der Waals surface area (Å²) in [6.07, 6.45) is 14.8. The average molecular weight is 677 g/mol. The third-order valence-corrected chi connectivity index (χ3v) is 11.6. The molecular weight excluding hydrogens is 632 g/mol. The number of hydrogen-bond acceptors (Lipinski definition) is 6. The summed E-state index contributed by atoms with van der Waals surface area (Å²) in [4.78, 5) is 25.6. The van der Waals surface area contributed by atoms with E-state index in [9.17, 15) is 9.59 Å².